The maximum absolute atomic E-state index is 12.5. The number of benzene rings is 1. The molecule has 1 aromatic rings. The second kappa shape index (κ2) is 6.21. The minimum Gasteiger partial charge on any atom is -0.468 e. The highest BCUT2D eigenvalue weighted by Gasteiger charge is 2.61. The Balaban J connectivity index is 2.08. The molecular weight excluding hydrogens is 343 g/mol. The zero-order chi connectivity index (χ0) is 17.7. The number of carbonyl (C=O) groups is 1. The number of carbonyl (C=O) groups excluding carboxylic acids is 1. The average Bonchev–Trinajstić information content (AvgIpc) is 2.57. The predicted molar refractivity (Wildman–Crippen MR) is 99.2 cm³/mol. The van der Waals surface area contributed by atoms with Crippen molar-refractivity contribution >= 4 is 29.2 Å². The van der Waals surface area contributed by atoms with Crippen molar-refractivity contribution < 1.29 is 9.53 Å². The molecule has 0 heterocycles. The second-order valence-corrected chi connectivity index (χ2v) is 9.00. The van der Waals surface area contributed by atoms with Crippen molar-refractivity contribution in [3.05, 3.63) is 34.9 Å². The lowest BCUT2D eigenvalue weighted by Crippen LogP contribution is -2.60. The minimum atomic E-state index is -1.14. The summed E-state index contributed by atoms with van der Waals surface area (Å²) < 4.78 is 5.04. The van der Waals surface area contributed by atoms with E-state index in [-0.39, 0.29) is 22.7 Å². The number of hydrogen-bond acceptors (Lipinski definition) is 2. The van der Waals surface area contributed by atoms with Gasteiger partial charge < -0.3 is 4.74 Å². The molecule has 4 atom stereocenters. The number of aryl methyl sites for hydroxylation is 1. The Hall–Kier alpha value is -0.730. The molecule has 0 saturated heterocycles. The molecule has 0 amide bonds. The molecule has 4 heteroatoms. The largest absolute Gasteiger partial charge is 0.468 e. The van der Waals surface area contributed by atoms with Crippen LogP contribution in [0.4, 0.5) is 0 Å². The van der Waals surface area contributed by atoms with Crippen molar-refractivity contribution in [2.45, 2.75) is 68.0 Å². The third kappa shape index (κ3) is 2.49. The number of alkyl halides is 2. The highest BCUT2D eigenvalue weighted by atomic mass is 35.5. The first-order valence-electron chi connectivity index (χ1n) is 8.79. The van der Waals surface area contributed by atoms with Crippen LogP contribution in [-0.4, -0.2) is 23.3 Å². The van der Waals surface area contributed by atoms with Gasteiger partial charge in [-0.15, -0.1) is 23.2 Å². The van der Waals surface area contributed by atoms with E-state index in [0.717, 1.165) is 25.7 Å². The summed E-state index contributed by atoms with van der Waals surface area (Å²) in [4.78, 5) is 11.4. The molecule has 0 aliphatic heterocycles. The maximum Gasteiger partial charge on any atom is 0.328 e. The van der Waals surface area contributed by atoms with E-state index in [1.807, 2.05) is 0 Å². The fraction of sp³-hybridized carbons (Fsp3) is 0.650. The van der Waals surface area contributed by atoms with E-state index < -0.39 is 4.87 Å². The molecule has 132 valence electrons. The fourth-order valence-corrected chi connectivity index (χ4v) is 5.69. The molecule has 1 fully saturated rings. The van der Waals surface area contributed by atoms with Gasteiger partial charge in [0.05, 0.1) is 12.5 Å². The van der Waals surface area contributed by atoms with Crippen molar-refractivity contribution in [3.8, 4) is 0 Å². The Morgan fingerprint density at radius 3 is 2.67 bits per heavy atom. The first-order valence-corrected chi connectivity index (χ1v) is 9.61. The number of rotatable bonds is 2. The molecule has 0 radical (unpaired) electrons. The number of fused-ring (bicyclic) bond motifs is 3. The van der Waals surface area contributed by atoms with E-state index >= 15 is 0 Å². The summed E-state index contributed by atoms with van der Waals surface area (Å²) in [5, 5.41) is -0.388. The van der Waals surface area contributed by atoms with Gasteiger partial charge in [-0.1, -0.05) is 39.0 Å². The normalized spacial score (nSPS) is 35.3. The summed E-state index contributed by atoms with van der Waals surface area (Å²) in [6.07, 6.45) is 3.47. The quantitative estimate of drug-likeness (QED) is 0.530. The highest BCUT2D eigenvalue weighted by molar-refractivity contribution is 6.40. The SMILES string of the molecule is COC(=O)[C@@]1(Cl)C(Cl)CC[C@]2(C)c3ccc(C(C)C)cc3CC[C@@H]12. The molecule has 24 heavy (non-hydrogen) atoms. The van der Waals surface area contributed by atoms with Crippen LogP contribution in [0.15, 0.2) is 18.2 Å². The third-order valence-corrected chi connectivity index (χ3v) is 7.62. The number of hydrogen-bond donors (Lipinski definition) is 0. The van der Waals surface area contributed by atoms with Crippen molar-refractivity contribution in [2.24, 2.45) is 5.92 Å². The maximum atomic E-state index is 12.5. The second-order valence-electron chi connectivity index (χ2n) is 7.85. The van der Waals surface area contributed by atoms with Gasteiger partial charge in [0, 0.05) is 0 Å². The Bertz CT molecular complexity index is 657. The van der Waals surface area contributed by atoms with E-state index in [4.69, 9.17) is 27.9 Å². The summed E-state index contributed by atoms with van der Waals surface area (Å²) in [7, 11) is 1.40. The topological polar surface area (TPSA) is 26.3 Å². The number of esters is 1. The Morgan fingerprint density at radius 2 is 2.04 bits per heavy atom. The number of halogens is 2. The van der Waals surface area contributed by atoms with Gasteiger partial charge in [0.25, 0.3) is 0 Å². The standard InChI is InChI=1S/C20H26Cl2O2/c1-12(2)13-5-7-15-14(11-13)6-8-16-19(15,3)10-9-17(21)20(16,22)18(23)24-4/h5,7,11-12,16-17H,6,8-10H2,1-4H3/t16-,17?,19-,20+/m1/s1. The van der Waals surface area contributed by atoms with Crippen molar-refractivity contribution in [1.29, 1.82) is 0 Å². The Morgan fingerprint density at radius 1 is 1.33 bits per heavy atom. The Kier molecular flexibility index (Phi) is 4.68. The summed E-state index contributed by atoms with van der Waals surface area (Å²) in [6.45, 7) is 6.68. The van der Waals surface area contributed by atoms with E-state index in [1.165, 1.54) is 23.8 Å². The first-order chi connectivity index (χ1) is 11.2. The summed E-state index contributed by atoms with van der Waals surface area (Å²) in [5.41, 5.74) is 3.97. The van der Waals surface area contributed by atoms with Gasteiger partial charge in [-0.25, -0.2) is 0 Å². The van der Waals surface area contributed by atoms with E-state index in [1.54, 1.807) is 0 Å². The molecule has 2 aliphatic carbocycles. The van der Waals surface area contributed by atoms with Crippen LogP contribution in [0.25, 0.3) is 0 Å². The van der Waals surface area contributed by atoms with Crippen LogP contribution in [0.2, 0.25) is 0 Å². The van der Waals surface area contributed by atoms with Crippen LogP contribution in [0.3, 0.4) is 0 Å². The molecule has 2 nitrogen and oxygen atoms in total. The van der Waals surface area contributed by atoms with Gasteiger partial charge in [0.1, 0.15) is 0 Å². The molecule has 0 aromatic heterocycles. The molecule has 0 N–H and O–H groups in total. The van der Waals surface area contributed by atoms with E-state index in [9.17, 15) is 4.79 Å². The molecule has 1 saturated carbocycles. The highest BCUT2D eigenvalue weighted by Crippen LogP contribution is 2.57. The van der Waals surface area contributed by atoms with Crippen LogP contribution >= 0.6 is 23.2 Å². The number of ether oxygens (including phenoxy) is 1. The van der Waals surface area contributed by atoms with Gasteiger partial charge in [-0.05, 0) is 59.6 Å². The van der Waals surface area contributed by atoms with E-state index in [0.29, 0.717) is 5.92 Å². The smallest absolute Gasteiger partial charge is 0.328 e. The lowest BCUT2D eigenvalue weighted by atomic mass is 9.54. The first kappa shape index (κ1) is 18.1. The van der Waals surface area contributed by atoms with E-state index in [2.05, 4.69) is 39.0 Å². The van der Waals surface area contributed by atoms with Gasteiger partial charge in [0.15, 0.2) is 4.87 Å². The van der Waals surface area contributed by atoms with Crippen LogP contribution in [0, 0.1) is 5.92 Å². The molecule has 1 unspecified atom stereocenters. The lowest BCUT2D eigenvalue weighted by molar-refractivity contribution is -0.148. The van der Waals surface area contributed by atoms with Gasteiger partial charge in [-0.2, -0.15) is 0 Å². The lowest BCUT2D eigenvalue weighted by Gasteiger charge is -2.54. The Labute approximate surface area is 154 Å². The van der Waals surface area contributed by atoms with Crippen LogP contribution in [0.1, 0.15) is 62.6 Å². The van der Waals surface area contributed by atoms with Crippen LogP contribution in [-0.2, 0) is 21.4 Å². The summed E-state index contributed by atoms with van der Waals surface area (Å²) in [6, 6.07) is 6.81. The zero-order valence-corrected chi connectivity index (χ0v) is 16.4. The molecule has 0 bridgehead atoms. The average molecular weight is 369 g/mol. The van der Waals surface area contributed by atoms with Crippen LogP contribution < -0.4 is 0 Å². The van der Waals surface area contributed by atoms with Gasteiger partial charge >= 0.3 is 5.97 Å². The number of methoxy groups -OCH3 is 1. The summed E-state index contributed by atoms with van der Waals surface area (Å²) >= 11 is 13.4. The minimum absolute atomic E-state index is 0.00670. The molecule has 1 aromatic carbocycles. The predicted octanol–water partition coefficient (Wildman–Crippen LogP) is 5.18. The van der Waals surface area contributed by atoms with Crippen molar-refractivity contribution in [3.63, 3.8) is 0 Å². The zero-order valence-electron chi connectivity index (χ0n) is 14.9. The van der Waals surface area contributed by atoms with Crippen LogP contribution in [0.5, 0.6) is 0 Å². The molecule has 2 aliphatic rings. The summed E-state index contributed by atoms with van der Waals surface area (Å²) in [5.74, 6) is 0.122. The van der Waals surface area contributed by atoms with Crippen molar-refractivity contribution in [2.75, 3.05) is 7.11 Å². The molecule has 3 rings (SSSR count). The molecular formula is C20H26Cl2O2. The van der Waals surface area contributed by atoms with Crippen molar-refractivity contribution in [1.82, 2.24) is 0 Å². The molecule has 0 spiro atoms. The monoisotopic (exact) mass is 368 g/mol. The fourth-order valence-electron chi connectivity index (χ4n) is 4.81. The van der Waals surface area contributed by atoms with Gasteiger partial charge in [-0.3, -0.25) is 4.79 Å². The third-order valence-electron chi connectivity index (χ3n) is 6.26. The van der Waals surface area contributed by atoms with Gasteiger partial charge in [0.2, 0.25) is 0 Å².